The molecule has 0 atom stereocenters. The van der Waals surface area contributed by atoms with Crippen LogP contribution >= 0.6 is 11.8 Å². The Balaban J connectivity index is 1.65. The summed E-state index contributed by atoms with van der Waals surface area (Å²) < 4.78 is 17.8. The van der Waals surface area contributed by atoms with Crippen LogP contribution in [0.15, 0.2) is 24.3 Å². The van der Waals surface area contributed by atoms with Crippen LogP contribution in [0.4, 0.5) is 9.18 Å². The Morgan fingerprint density at radius 3 is 2.55 bits per heavy atom. The molecule has 2 rings (SSSR count). The van der Waals surface area contributed by atoms with E-state index in [1.54, 1.807) is 0 Å². The minimum Gasteiger partial charge on any atom is -0.484 e. The smallest absolute Gasteiger partial charge is 0.282 e. The van der Waals surface area contributed by atoms with E-state index < -0.39 is 17.6 Å². The summed E-state index contributed by atoms with van der Waals surface area (Å²) in [5.74, 6) is -0.476. The van der Waals surface area contributed by atoms with E-state index in [-0.39, 0.29) is 18.4 Å². The Kier molecular flexibility index (Phi) is 5.59. The molecule has 1 saturated heterocycles. The monoisotopic (exact) mass is 327 g/mol. The summed E-state index contributed by atoms with van der Waals surface area (Å²) in [6.07, 6.45) is 0. The minimum absolute atomic E-state index is 0.106. The van der Waals surface area contributed by atoms with Gasteiger partial charge < -0.3 is 9.64 Å². The van der Waals surface area contributed by atoms with Gasteiger partial charge in [-0.1, -0.05) is 11.8 Å². The molecule has 0 spiro atoms. The molecule has 9 heteroatoms. The standard InChI is InChI=1S/C13H14FN3O4S/c14-9-1-3-10(4-2-9)21-8-12(19)16-15-11(18)7-17-5-6-22-13(17)20/h1-4H,5-8H2,(H,15,18)(H,16,19). The first-order chi connectivity index (χ1) is 10.5. The fraction of sp³-hybridized carbons (Fsp3) is 0.308. The lowest BCUT2D eigenvalue weighted by molar-refractivity contribution is -0.130. The molecular formula is C13H14FN3O4S. The van der Waals surface area contributed by atoms with Crippen LogP contribution in [0.5, 0.6) is 5.75 Å². The molecule has 1 heterocycles. The summed E-state index contributed by atoms with van der Waals surface area (Å²) in [5.41, 5.74) is 4.36. The van der Waals surface area contributed by atoms with Crippen LogP contribution in [0.2, 0.25) is 0 Å². The number of nitrogens with zero attached hydrogens (tertiary/aromatic N) is 1. The van der Waals surface area contributed by atoms with E-state index >= 15 is 0 Å². The number of ether oxygens (including phenoxy) is 1. The van der Waals surface area contributed by atoms with Crippen molar-refractivity contribution in [2.24, 2.45) is 0 Å². The van der Waals surface area contributed by atoms with E-state index in [9.17, 15) is 18.8 Å². The maximum Gasteiger partial charge on any atom is 0.282 e. The highest BCUT2D eigenvalue weighted by atomic mass is 32.2. The van der Waals surface area contributed by atoms with Gasteiger partial charge >= 0.3 is 0 Å². The van der Waals surface area contributed by atoms with Gasteiger partial charge in [0.1, 0.15) is 18.1 Å². The van der Waals surface area contributed by atoms with Crippen LogP contribution in [0.3, 0.4) is 0 Å². The van der Waals surface area contributed by atoms with Gasteiger partial charge in [-0.15, -0.1) is 0 Å². The predicted molar refractivity (Wildman–Crippen MR) is 77.6 cm³/mol. The fourth-order valence-electron chi connectivity index (χ4n) is 1.64. The van der Waals surface area contributed by atoms with Gasteiger partial charge in [0.05, 0.1) is 0 Å². The van der Waals surface area contributed by atoms with Crippen molar-refractivity contribution in [3.63, 3.8) is 0 Å². The van der Waals surface area contributed by atoms with Gasteiger partial charge in [-0.2, -0.15) is 0 Å². The number of hydrogen-bond acceptors (Lipinski definition) is 5. The molecule has 22 heavy (non-hydrogen) atoms. The Morgan fingerprint density at radius 2 is 1.91 bits per heavy atom. The Bertz CT molecular complexity index is 567. The minimum atomic E-state index is -0.570. The summed E-state index contributed by atoms with van der Waals surface area (Å²) in [5, 5.41) is -0.152. The number of rotatable bonds is 5. The third kappa shape index (κ3) is 4.92. The Morgan fingerprint density at radius 1 is 1.23 bits per heavy atom. The molecule has 118 valence electrons. The lowest BCUT2D eigenvalue weighted by Gasteiger charge is -2.14. The number of thioether (sulfide) groups is 1. The molecule has 1 aromatic rings. The second-order valence-corrected chi connectivity index (χ2v) is 5.42. The van der Waals surface area contributed by atoms with Crippen LogP contribution in [0.1, 0.15) is 0 Å². The van der Waals surface area contributed by atoms with E-state index in [2.05, 4.69) is 10.9 Å². The molecule has 0 saturated carbocycles. The maximum absolute atomic E-state index is 12.7. The number of amides is 3. The number of hydrogen-bond donors (Lipinski definition) is 2. The molecule has 3 amide bonds. The van der Waals surface area contributed by atoms with Crippen molar-refractivity contribution in [1.29, 1.82) is 0 Å². The Labute approximate surface area is 130 Å². The number of carbonyl (C=O) groups excluding carboxylic acids is 3. The molecule has 0 unspecified atom stereocenters. The maximum atomic E-state index is 12.7. The van der Waals surface area contributed by atoms with Crippen molar-refractivity contribution < 1.29 is 23.5 Å². The zero-order valence-electron chi connectivity index (χ0n) is 11.5. The van der Waals surface area contributed by atoms with Crippen LogP contribution in [0, 0.1) is 5.82 Å². The fourth-order valence-corrected chi connectivity index (χ4v) is 2.46. The number of nitrogens with one attached hydrogen (secondary N) is 2. The average Bonchev–Trinajstić information content (AvgIpc) is 2.90. The largest absolute Gasteiger partial charge is 0.484 e. The van der Waals surface area contributed by atoms with E-state index in [0.29, 0.717) is 18.0 Å². The number of halogens is 1. The van der Waals surface area contributed by atoms with Gasteiger partial charge in [0.15, 0.2) is 6.61 Å². The highest BCUT2D eigenvalue weighted by Gasteiger charge is 2.23. The molecule has 7 nitrogen and oxygen atoms in total. The van der Waals surface area contributed by atoms with E-state index in [1.807, 2.05) is 0 Å². The van der Waals surface area contributed by atoms with Crippen LogP contribution in [-0.2, 0) is 9.59 Å². The molecule has 1 aliphatic rings. The molecule has 1 aromatic carbocycles. The summed E-state index contributed by atoms with van der Waals surface area (Å²) >= 11 is 1.15. The van der Waals surface area contributed by atoms with Crippen molar-refractivity contribution in [1.82, 2.24) is 15.8 Å². The van der Waals surface area contributed by atoms with Crippen molar-refractivity contribution in [2.45, 2.75) is 0 Å². The van der Waals surface area contributed by atoms with Crippen LogP contribution in [-0.4, -0.2) is 47.4 Å². The number of benzene rings is 1. The summed E-state index contributed by atoms with van der Waals surface area (Å²) in [4.78, 5) is 35.7. The topological polar surface area (TPSA) is 87.7 Å². The second-order valence-electron chi connectivity index (χ2n) is 4.37. The van der Waals surface area contributed by atoms with Crippen LogP contribution in [0.25, 0.3) is 0 Å². The zero-order chi connectivity index (χ0) is 15.9. The third-order valence-electron chi connectivity index (χ3n) is 2.70. The van der Waals surface area contributed by atoms with Gasteiger partial charge in [0, 0.05) is 12.3 Å². The van der Waals surface area contributed by atoms with Gasteiger partial charge in [-0.25, -0.2) is 4.39 Å². The predicted octanol–water partition coefficient (Wildman–Crippen LogP) is 0.521. The SMILES string of the molecule is O=C(COc1ccc(F)cc1)NNC(=O)CN1CCSC1=O. The average molecular weight is 327 g/mol. The van der Waals surface area contributed by atoms with Crippen molar-refractivity contribution >= 4 is 28.8 Å². The van der Waals surface area contributed by atoms with Gasteiger partial charge in [0.25, 0.3) is 17.1 Å². The second kappa shape index (κ2) is 7.64. The first-order valence-corrected chi connectivity index (χ1v) is 7.41. The normalized spacial score (nSPS) is 13.9. The molecule has 0 aliphatic carbocycles. The van der Waals surface area contributed by atoms with Gasteiger partial charge in [-0.05, 0) is 24.3 Å². The van der Waals surface area contributed by atoms with Crippen LogP contribution < -0.4 is 15.6 Å². The van der Waals surface area contributed by atoms with E-state index in [0.717, 1.165) is 11.8 Å². The first kappa shape index (κ1) is 16.1. The number of carbonyl (C=O) groups is 3. The summed E-state index contributed by atoms with van der Waals surface area (Å²) in [7, 11) is 0. The van der Waals surface area contributed by atoms with Gasteiger partial charge in [0.2, 0.25) is 0 Å². The highest BCUT2D eigenvalue weighted by Crippen LogP contribution is 2.16. The first-order valence-electron chi connectivity index (χ1n) is 6.42. The van der Waals surface area contributed by atoms with Crippen molar-refractivity contribution in [3.05, 3.63) is 30.1 Å². The lowest BCUT2D eigenvalue weighted by Crippen LogP contribution is -2.47. The molecule has 0 radical (unpaired) electrons. The summed E-state index contributed by atoms with van der Waals surface area (Å²) in [6, 6.07) is 5.19. The van der Waals surface area contributed by atoms with Crippen molar-refractivity contribution in [3.8, 4) is 5.75 Å². The number of hydrazine groups is 1. The highest BCUT2D eigenvalue weighted by molar-refractivity contribution is 8.13. The van der Waals surface area contributed by atoms with E-state index in [4.69, 9.17) is 4.74 Å². The molecule has 0 aromatic heterocycles. The van der Waals surface area contributed by atoms with Gasteiger partial charge in [-0.3, -0.25) is 25.2 Å². The van der Waals surface area contributed by atoms with E-state index in [1.165, 1.54) is 29.2 Å². The Hall–Kier alpha value is -2.29. The quantitative estimate of drug-likeness (QED) is 0.770. The zero-order valence-corrected chi connectivity index (χ0v) is 12.3. The molecule has 0 bridgehead atoms. The van der Waals surface area contributed by atoms with Crippen molar-refractivity contribution in [2.75, 3.05) is 25.4 Å². The molecule has 1 aliphatic heterocycles. The molecule has 1 fully saturated rings. The third-order valence-corrected chi connectivity index (χ3v) is 3.60. The summed E-state index contributed by atoms with van der Waals surface area (Å²) in [6.45, 7) is 0.0773. The molecular weight excluding hydrogens is 313 g/mol. The molecule has 2 N–H and O–H groups in total. The lowest BCUT2D eigenvalue weighted by atomic mass is 10.3.